The summed E-state index contributed by atoms with van der Waals surface area (Å²) >= 11 is 0. The number of carbonyl (C=O) groups is 2. The first-order chi connectivity index (χ1) is 14.1. The molecule has 0 spiro atoms. The van der Waals surface area contributed by atoms with Gasteiger partial charge in [-0.3, -0.25) is 9.59 Å². The predicted molar refractivity (Wildman–Crippen MR) is 110 cm³/mol. The minimum atomic E-state index is -0.432. The second kappa shape index (κ2) is 9.64. The van der Waals surface area contributed by atoms with Crippen LogP contribution in [0.1, 0.15) is 18.4 Å². The van der Waals surface area contributed by atoms with Gasteiger partial charge >= 0.3 is 5.97 Å². The fraction of sp³-hybridized carbons (Fsp3) is 0.273. The van der Waals surface area contributed by atoms with Gasteiger partial charge in [-0.25, -0.2) is 0 Å². The molecule has 1 amide bonds. The number of anilines is 1. The number of hydrogen-bond donors (Lipinski definition) is 2. The Kier molecular flexibility index (Phi) is 6.73. The van der Waals surface area contributed by atoms with Gasteiger partial charge in [0.1, 0.15) is 11.5 Å². The Hall–Kier alpha value is -3.48. The number of benzene rings is 2. The van der Waals surface area contributed by atoms with Crippen LogP contribution >= 0.6 is 0 Å². The Labute approximate surface area is 169 Å². The van der Waals surface area contributed by atoms with Crippen LogP contribution in [0.25, 0.3) is 10.9 Å². The van der Waals surface area contributed by atoms with Gasteiger partial charge in [-0.05, 0) is 36.6 Å². The Balaban J connectivity index is 1.43. The summed E-state index contributed by atoms with van der Waals surface area (Å²) in [5.74, 6) is 0.240. The molecule has 2 aromatic carbocycles. The van der Waals surface area contributed by atoms with Crippen LogP contribution in [0.2, 0.25) is 0 Å². The van der Waals surface area contributed by atoms with Crippen LogP contribution in [0.15, 0.2) is 48.7 Å². The lowest BCUT2D eigenvalue weighted by Crippen LogP contribution is -2.21. The van der Waals surface area contributed by atoms with Crippen LogP contribution in [0.5, 0.6) is 11.5 Å². The number of esters is 1. The summed E-state index contributed by atoms with van der Waals surface area (Å²) in [5, 5.41) is 3.83. The number of ether oxygens (including phenoxy) is 3. The van der Waals surface area contributed by atoms with Crippen molar-refractivity contribution in [2.45, 2.75) is 19.3 Å². The molecule has 0 aliphatic rings. The highest BCUT2D eigenvalue weighted by Gasteiger charge is 2.12. The maximum Gasteiger partial charge on any atom is 0.306 e. The Morgan fingerprint density at radius 3 is 2.69 bits per heavy atom. The molecule has 0 saturated heterocycles. The molecule has 0 aliphatic carbocycles. The van der Waals surface area contributed by atoms with E-state index in [4.69, 9.17) is 14.2 Å². The van der Waals surface area contributed by atoms with E-state index in [0.29, 0.717) is 23.6 Å². The molecule has 3 rings (SSSR count). The van der Waals surface area contributed by atoms with Gasteiger partial charge in [0, 0.05) is 29.6 Å². The summed E-state index contributed by atoms with van der Waals surface area (Å²) in [4.78, 5) is 27.2. The number of aromatic amines is 1. The quantitative estimate of drug-likeness (QED) is 0.539. The molecular weight excluding hydrogens is 372 g/mol. The third-order valence-electron chi connectivity index (χ3n) is 4.55. The van der Waals surface area contributed by atoms with Gasteiger partial charge in [-0.1, -0.05) is 18.2 Å². The van der Waals surface area contributed by atoms with Crippen LogP contribution in [-0.4, -0.2) is 37.7 Å². The van der Waals surface area contributed by atoms with Crippen LogP contribution in [-0.2, 0) is 20.7 Å². The minimum Gasteiger partial charge on any atom is -0.497 e. The van der Waals surface area contributed by atoms with Gasteiger partial charge in [-0.2, -0.15) is 0 Å². The number of methoxy groups -OCH3 is 2. The van der Waals surface area contributed by atoms with E-state index in [0.717, 1.165) is 22.9 Å². The van der Waals surface area contributed by atoms with E-state index in [9.17, 15) is 9.59 Å². The van der Waals surface area contributed by atoms with E-state index >= 15 is 0 Å². The number of aromatic nitrogens is 1. The van der Waals surface area contributed by atoms with Crippen molar-refractivity contribution in [2.75, 3.05) is 26.1 Å². The minimum absolute atomic E-state index is 0.249. The predicted octanol–water partition coefficient (Wildman–Crippen LogP) is 3.69. The van der Waals surface area contributed by atoms with Crippen molar-refractivity contribution < 1.29 is 23.8 Å². The number of hydrogen-bond acceptors (Lipinski definition) is 5. The van der Waals surface area contributed by atoms with E-state index in [1.807, 2.05) is 24.4 Å². The summed E-state index contributed by atoms with van der Waals surface area (Å²) in [6.07, 6.45) is 3.62. The Morgan fingerprint density at radius 2 is 1.90 bits per heavy atom. The smallest absolute Gasteiger partial charge is 0.306 e. The van der Waals surface area contributed by atoms with E-state index < -0.39 is 11.9 Å². The molecule has 0 saturated carbocycles. The van der Waals surface area contributed by atoms with Gasteiger partial charge < -0.3 is 24.5 Å². The largest absolute Gasteiger partial charge is 0.497 e. The number of carbonyl (C=O) groups excluding carboxylic acids is 2. The lowest BCUT2D eigenvalue weighted by atomic mass is 10.1. The molecule has 0 unspecified atom stereocenters. The zero-order chi connectivity index (χ0) is 20.6. The molecule has 0 radical (unpaired) electrons. The highest BCUT2D eigenvalue weighted by Crippen LogP contribution is 2.28. The standard InChI is InChI=1S/C22H24N2O5/c1-27-16-10-11-19(20(12-16)28-2)24-21(25)14-29-22(26)9-5-6-15-13-23-18-8-4-3-7-17(15)18/h3-4,7-8,10-13,23H,5-6,9,14H2,1-2H3,(H,24,25). The summed E-state index contributed by atoms with van der Waals surface area (Å²) in [6.45, 7) is -0.346. The molecule has 1 heterocycles. The number of nitrogens with one attached hydrogen (secondary N) is 2. The third-order valence-corrected chi connectivity index (χ3v) is 4.55. The lowest BCUT2D eigenvalue weighted by molar-refractivity contribution is -0.147. The number of para-hydroxylation sites is 1. The normalized spacial score (nSPS) is 10.6. The molecule has 0 atom stereocenters. The molecule has 29 heavy (non-hydrogen) atoms. The molecular formula is C22H24N2O5. The summed E-state index contributed by atoms with van der Waals surface area (Å²) < 4.78 is 15.4. The van der Waals surface area contributed by atoms with Crippen LogP contribution < -0.4 is 14.8 Å². The summed E-state index contributed by atoms with van der Waals surface area (Å²) in [7, 11) is 3.04. The Bertz CT molecular complexity index is 996. The molecule has 152 valence electrons. The van der Waals surface area contributed by atoms with Gasteiger partial charge in [0.15, 0.2) is 6.61 Å². The maximum atomic E-state index is 12.1. The fourth-order valence-electron chi connectivity index (χ4n) is 3.07. The topological polar surface area (TPSA) is 89.6 Å². The molecule has 7 nitrogen and oxygen atoms in total. The van der Waals surface area contributed by atoms with E-state index in [2.05, 4.69) is 16.4 Å². The lowest BCUT2D eigenvalue weighted by Gasteiger charge is -2.11. The Morgan fingerprint density at radius 1 is 1.07 bits per heavy atom. The van der Waals surface area contributed by atoms with Crippen molar-refractivity contribution >= 4 is 28.5 Å². The van der Waals surface area contributed by atoms with Gasteiger partial charge in [0.2, 0.25) is 0 Å². The summed E-state index contributed by atoms with van der Waals surface area (Å²) in [5.41, 5.74) is 2.72. The summed E-state index contributed by atoms with van der Waals surface area (Å²) in [6, 6.07) is 13.1. The monoisotopic (exact) mass is 396 g/mol. The highest BCUT2D eigenvalue weighted by molar-refractivity contribution is 5.94. The number of aryl methyl sites for hydroxylation is 1. The number of fused-ring (bicyclic) bond motifs is 1. The molecule has 7 heteroatoms. The van der Waals surface area contributed by atoms with Gasteiger partial charge in [-0.15, -0.1) is 0 Å². The molecule has 0 aliphatic heterocycles. The SMILES string of the molecule is COc1ccc(NC(=O)COC(=O)CCCc2c[nH]c3ccccc23)c(OC)c1. The molecule has 0 bridgehead atoms. The van der Waals surface area contributed by atoms with Crippen molar-refractivity contribution in [1.82, 2.24) is 4.98 Å². The molecule has 3 aromatic rings. The van der Waals surface area contributed by atoms with Crippen LogP contribution in [0.4, 0.5) is 5.69 Å². The van der Waals surface area contributed by atoms with Crippen molar-refractivity contribution in [1.29, 1.82) is 0 Å². The second-order valence-corrected chi connectivity index (χ2v) is 6.49. The van der Waals surface area contributed by atoms with E-state index in [1.54, 1.807) is 25.3 Å². The van der Waals surface area contributed by atoms with Gasteiger partial charge in [0.25, 0.3) is 5.91 Å². The first-order valence-corrected chi connectivity index (χ1v) is 9.33. The van der Waals surface area contributed by atoms with Gasteiger partial charge in [0.05, 0.1) is 19.9 Å². The zero-order valence-corrected chi connectivity index (χ0v) is 16.5. The van der Waals surface area contributed by atoms with E-state index in [-0.39, 0.29) is 13.0 Å². The van der Waals surface area contributed by atoms with Crippen molar-refractivity contribution in [2.24, 2.45) is 0 Å². The average Bonchev–Trinajstić information content (AvgIpc) is 3.15. The molecule has 1 aromatic heterocycles. The van der Waals surface area contributed by atoms with E-state index in [1.165, 1.54) is 7.11 Å². The number of H-pyrrole nitrogens is 1. The average molecular weight is 396 g/mol. The number of amides is 1. The maximum absolute atomic E-state index is 12.1. The highest BCUT2D eigenvalue weighted by atomic mass is 16.5. The van der Waals surface area contributed by atoms with Crippen molar-refractivity contribution in [3.63, 3.8) is 0 Å². The zero-order valence-electron chi connectivity index (χ0n) is 16.5. The molecule has 2 N–H and O–H groups in total. The van der Waals surface area contributed by atoms with Crippen molar-refractivity contribution in [3.8, 4) is 11.5 Å². The first kappa shape index (κ1) is 20.3. The van der Waals surface area contributed by atoms with Crippen LogP contribution in [0.3, 0.4) is 0 Å². The second-order valence-electron chi connectivity index (χ2n) is 6.49. The third kappa shape index (κ3) is 5.28. The van der Waals surface area contributed by atoms with Crippen LogP contribution in [0, 0.1) is 0 Å². The number of rotatable bonds is 9. The van der Waals surface area contributed by atoms with Crippen molar-refractivity contribution in [3.05, 3.63) is 54.2 Å². The fourth-order valence-corrected chi connectivity index (χ4v) is 3.07. The molecule has 0 fully saturated rings. The first-order valence-electron chi connectivity index (χ1n) is 9.33.